The first-order chi connectivity index (χ1) is 6.42. The van der Waals surface area contributed by atoms with Gasteiger partial charge in [0.1, 0.15) is 6.07 Å². The largest absolute Gasteiger partial charge is 0.309 e. The Kier molecular flexibility index (Phi) is 2.62. The second-order valence-electron chi connectivity index (χ2n) is 3.31. The number of nitrogens with one attached hydrogen (secondary N) is 1. The molecular weight excluding hydrogens is 180 g/mol. The second-order valence-corrected chi connectivity index (χ2v) is 4.26. The van der Waals surface area contributed by atoms with Gasteiger partial charge in [-0.15, -0.1) is 11.3 Å². The van der Waals surface area contributed by atoms with Crippen LogP contribution in [0.15, 0.2) is 11.4 Å². The molecule has 1 fully saturated rings. The molecule has 0 radical (unpaired) electrons. The molecule has 2 heterocycles. The molecule has 1 aliphatic heterocycles. The zero-order valence-corrected chi connectivity index (χ0v) is 8.23. The van der Waals surface area contributed by atoms with Crippen molar-refractivity contribution in [3.8, 4) is 6.07 Å². The normalized spacial score (nSPS) is 22.5. The lowest BCUT2D eigenvalue weighted by molar-refractivity contribution is 0.417. The maximum atomic E-state index is 8.87. The first-order valence-corrected chi connectivity index (χ1v) is 5.50. The van der Waals surface area contributed by atoms with E-state index in [0.29, 0.717) is 6.04 Å². The number of piperidine rings is 1. The Labute approximate surface area is 82.2 Å². The van der Waals surface area contributed by atoms with E-state index in [-0.39, 0.29) is 0 Å². The van der Waals surface area contributed by atoms with Crippen LogP contribution in [0.5, 0.6) is 0 Å². The number of thiophene rings is 1. The van der Waals surface area contributed by atoms with Crippen molar-refractivity contribution >= 4 is 11.3 Å². The molecule has 0 aliphatic carbocycles. The zero-order valence-electron chi connectivity index (χ0n) is 7.42. The summed E-state index contributed by atoms with van der Waals surface area (Å²) in [6.07, 6.45) is 3.72. The lowest BCUT2D eigenvalue weighted by atomic mass is 10.0. The van der Waals surface area contributed by atoms with E-state index in [9.17, 15) is 0 Å². The van der Waals surface area contributed by atoms with Crippen LogP contribution in [0.2, 0.25) is 0 Å². The average molecular weight is 192 g/mol. The minimum absolute atomic E-state index is 0.434. The van der Waals surface area contributed by atoms with Crippen LogP contribution >= 0.6 is 11.3 Å². The van der Waals surface area contributed by atoms with Crippen molar-refractivity contribution in [1.29, 1.82) is 5.26 Å². The van der Waals surface area contributed by atoms with E-state index < -0.39 is 0 Å². The van der Waals surface area contributed by atoms with E-state index in [4.69, 9.17) is 5.26 Å². The quantitative estimate of drug-likeness (QED) is 0.741. The summed E-state index contributed by atoms with van der Waals surface area (Å²) in [4.78, 5) is 1.22. The highest BCUT2D eigenvalue weighted by atomic mass is 32.1. The van der Waals surface area contributed by atoms with Crippen molar-refractivity contribution < 1.29 is 0 Å². The Balaban J connectivity index is 2.19. The molecular formula is C10H12N2S. The fourth-order valence-corrected chi connectivity index (χ4v) is 2.72. The summed E-state index contributed by atoms with van der Waals surface area (Å²) in [5.41, 5.74) is 0.851. The molecule has 2 rings (SSSR count). The smallest absolute Gasteiger partial charge is 0.100 e. The summed E-state index contributed by atoms with van der Waals surface area (Å²) in [6, 6.07) is 4.59. The van der Waals surface area contributed by atoms with Gasteiger partial charge in [-0.3, -0.25) is 0 Å². The summed E-state index contributed by atoms with van der Waals surface area (Å²) in [5.74, 6) is 0. The molecule has 0 amide bonds. The molecule has 0 spiro atoms. The van der Waals surface area contributed by atoms with Crippen molar-refractivity contribution in [3.05, 3.63) is 21.9 Å². The zero-order chi connectivity index (χ0) is 9.10. The molecule has 1 aromatic heterocycles. The fourth-order valence-electron chi connectivity index (χ4n) is 1.76. The molecule has 1 aromatic rings. The second kappa shape index (κ2) is 3.91. The molecule has 1 unspecified atom stereocenters. The third kappa shape index (κ3) is 1.74. The highest BCUT2D eigenvalue weighted by Gasteiger charge is 2.18. The van der Waals surface area contributed by atoms with Crippen molar-refractivity contribution in [2.24, 2.45) is 0 Å². The summed E-state index contributed by atoms with van der Waals surface area (Å²) >= 11 is 1.70. The van der Waals surface area contributed by atoms with Crippen LogP contribution in [0.3, 0.4) is 0 Å². The van der Waals surface area contributed by atoms with E-state index in [1.54, 1.807) is 11.3 Å². The molecule has 0 saturated carbocycles. The number of nitrogens with zero attached hydrogens (tertiary/aromatic N) is 1. The predicted octanol–water partition coefficient (Wildman–Crippen LogP) is 2.43. The third-order valence-corrected chi connectivity index (χ3v) is 3.47. The van der Waals surface area contributed by atoms with Gasteiger partial charge in [0, 0.05) is 10.9 Å². The maximum absolute atomic E-state index is 8.87. The number of rotatable bonds is 1. The summed E-state index contributed by atoms with van der Waals surface area (Å²) < 4.78 is 0. The Morgan fingerprint density at radius 1 is 1.54 bits per heavy atom. The van der Waals surface area contributed by atoms with Gasteiger partial charge in [-0.05, 0) is 30.8 Å². The third-order valence-electron chi connectivity index (χ3n) is 2.44. The van der Waals surface area contributed by atoms with Gasteiger partial charge >= 0.3 is 0 Å². The molecule has 1 N–H and O–H groups in total. The van der Waals surface area contributed by atoms with Gasteiger partial charge in [0.25, 0.3) is 0 Å². The highest BCUT2D eigenvalue weighted by Crippen LogP contribution is 2.29. The predicted molar refractivity (Wildman–Crippen MR) is 53.6 cm³/mol. The first kappa shape index (κ1) is 8.74. The Morgan fingerprint density at radius 3 is 3.15 bits per heavy atom. The molecule has 0 bridgehead atoms. The molecule has 0 aromatic carbocycles. The standard InChI is InChI=1S/C10H12N2S/c11-7-8-4-6-13-10(8)9-3-1-2-5-12-9/h4,6,9,12H,1-3,5H2. The fraction of sp³-hybridized carbons (Fsp3) is 0.500. The van der Waals surface area contributed by atoms with Crippen LogP contribution in [0.25, 0.3) is 0 Å². The highest BCUT2D eigenvalue weighted by molar-refractivity contribution is 7.10. The molecule has 1 atom stereocenters. The Bertz CT molecular complexity index is 318. The molecule has 1 aliphatic rings. The van der Waals surface area contributed by atoms with Crippen LogP contribution < -0.4 is 5.32 Å². The van der Waals surface area contributed by atoms with Crippen molar-refractivity contribution in [3.63, 3.8) is 0 Å². The lowest BCUT2D eigenvalue weighted by Gasteiger charge is -2.22. The van der Waals surface area contributed by atoms with Crippen LogP contribution in [0.4, 0.5) is 0 Å². The average Bonchev–Trinajstić information content (AvgIpc) is 2.67. The van der Waals surface area contributed by atoms with Crippen LogP contribution in [0, 0.1) is 11.3 Å². The molecule has 1 saturated heterocycles. The van der Waals surface area contributed by atoms with E-state index in [0.717, 1.165) is 12.1 Å². The van der Waals surface area contributed by atoms with Crippen LogP contribution in [-0.2, 0) is 0 Å². The number of nitriles is 1. The van der Waals surface area contributed by atoms with Crippen LogP contribution in [-0.4, -0.2) is 6.54 Å². The number of hydrogen-bond acceptors (Lipinski definition) is 3. The van der Waals surface area contributed by atoms with Crippen LogP contribution in [0.1, 0.15) is 35.7 Å². The topological polar surface area (TPSA) is 35.8 Å². The van der Waals surface area contributed by atoms with E-state index in [1.807, 2.05) is 11.4 Å². The van der Waals surface area contributed by atoms with Gasteiger partial charge in [-0.2, -0.15) is 5.26 Å². The Hall–Kier alpha value is -0.850. The van der Waals surface area contributed by atoms with Gasteiger partial charge in [-0.1, -0.05) is 6.42 Å². The van der Waals surface area contributed by atoms with Crippen molar-refractivity contribution in [2.45, 2.75) is 25.3 Å². The van der Waals surface area contributed by atoms with Gasteiger partial charge in [0.05, 0.1) is 5.56 Å². The van der Waals surface area contributed by atoms with Crippen molar-refractivity contribution in [2.75, 3.05) is 6.54 Å². The van der Waals surface area contributed by atoms with E-state index in [1.165, 1.54) is 24.1 Å². The van der Waals surface area contributed by atoms with E-state index >= 15 is 0 Å². The SMILES string of the molecule is N#Cc1ccsc1C1CCCCN1. The minimum Gasteiger partial charge on any atom is -0.309 e. The molecule has 2 nitrogen and oxygen atoms in total. The van der Waals surface area contributed by atoms with E-state index in [2.05, 4.69) is 11.4 Å². The lowest BCUT2D eigenvalue weighted by Crippen LogP contribution is -2.26. The van der Waals surface area contributed by atoms with Crippen molar-refractivity contribution in [1.82, 2.24) is 5.32 Å². The monoisotopic (exact) mass is 192 g/mol. The minimum atomic E-state index is 0.434. The van der Waals surface area contributed by atoms with Gasteiger partial charge in [0.2, 0.25) is 0 Å². The van der Waals surface area contributed by atoms with Gasteiger partial charge in [-0.25, -0.2) is 0 Å². The van der Waals surface area contributed by atoms with Gasteiger partial charge in [0.15, 0.2) is 0 Å². The number of hydrogen-bond donors (Lipinski definition) is 1. The molecule has 13 heavy (non-hydrogen) atoms. The summed E-state index contributed by atoms with van der Waals surface area (Å²) in [7, 11) is 0. The summed E-state index contributed by atoms with van der Waals surface area (Å²) in [6.45, 7) is 1.09. The van der Waals surface area contributed by atoms with Gasteiger partial charge < -0.3 is 5.32 Å². The Morgan fingerprint density at radius 2 is 2.46 bits per heavy atom. The summed E-state index contributed by atoms with van der Waals surface area (Å²) in [5, 5.41) is 14.3. The molecule has 3 heteroatoms. The maximum Gasteiger partial charge on any atom is 0.100 e. The molecule has 68 valence electrons. The first-order valence-electron chi connectivity index (χ1n) is 4.62.